The van der Waals surface area contributed by atoms with Crippen molar-refractivity contribution in [3.63, 3.8) is 0 Å². The number of benzene rings is 1. The average Bonchev–Trinajstić information content (AvgIpc) is 1.85. The fraction of sp³-hybridized carbons (Fsp3) is 0. The summed E-state index contributed by atoms with van der Waals surface area (Å²) in [6.45, 7) is 0. The van der Waals surface area contributed by atoms with Crippen LogP contribution in [0.1, 0.15) is 0 Å². The van der Waals surface area contributed by atoms with E-state index in [0.717, 1.165) is 0 Å². The molecule has 58 valence electrons. The lowest BCUT2D eigenvalue weighted by Crippen LogP contribution is -1.94. The Kier molecular flexibility index (Phi) is 1.63. The molecule has 0 radical (unpaired) electrons. The van der Waals surface area contributed by atoms with Crippen LogP contribution in [0.2, 0.25) is 0 Å². The monoisotopic (exact) mass is 153 g/mol. The highest BCUT2D eigenvalue weighted by molar-refractivity contribution is 5.59. The van der Waals surface area contributed by atoms with Crippen LogP contribution in [0.4, 0.5) is 17.1 Å². The number of anilines is 2. The van der Waals surface area contributed by atoms with Crippen LogP contribution in [0.15, 0.2) is 18.2 Å². The molecule has 1 aromatic rings. The van der Waals surface area contributed by atoms with Gasteiger partial charge in [-0.3, -0.25) is 10.1 Å². The zero-order valence-corrected chi connectivity index (χ0v) is 5.65. The van der Waals surface area contributed by atoms with Crippen molar-refractivity contribution in [2.45, 2.75) is 0 Å². The molecule has 1 rings (SSSR count). The van der Waals surface area contributed by atoms with Crippen molar-refractivity contribution in [2.75, 3.05) is 11.5 Å². The first-order chi connectivity index (χ1) is 5.09. The summed E-state index contributed by atoms with van der Waals surface area (Å²) in [5.41, 5.74) is 11.1. The minimum absolute atomic E-state index is 0.0810. The Balaban J connectivity index is 3.19. The molecule has 0 aliphatic carbocycles. The fourth-order valence-electron chi connectivity index (χ4n) is 0.764. The predicted octanol–water partition coefficient (Wildman–Crippen LogP) is 0.759. The van der Waals surface area contributed by atoms with E-state index in [9.17, 15) is 10.1 Å². The second-order valence-electron chi connectivity index (χ2n) is 2.11. The summed E-state index contributed by atoms with van der Waals surface area (Å²) >= 11 is 0. The highest BCUT2D eigenvalue weighted by atomic mass is 16.6. The second-order valence-corrected chi connectivity index (χ2v) is 2.11. The number of nitrogen functional groups attached to an aromatic ring is 2. The van der Waals surface area contributed by atoms with E-state index in [2.05, 4.69) is 0 Å². The number of rotatable bonds is 1. The molecule has 0 fully saturated rings. The molecular formula is C6H7N3O2. The molecule has 0 unspecified atom stereocenters. The van der Waals surface area contributed by atoms with E-state index < -0.39 is 4.92 Å². The average molecular weight is 153 g/mol. The number of nitrogens with zero attached hydrogens (tertiary/aromatic N) is 1. The highest BCUT2D eigenvalue weighted by Crippen LogP contribution is 2.19. The Bertz CT molecular complexity index is 278. The van der Waals surface area contributed by atoms with Gasteiger partial charge in [-0.15, -0.1) is 0 Å². The van der Waals surface area contributed by atoms with Crippen LogP contribution in [0, 0.1) is 10.1 Å². The Labute approximate surface area is 62.8 Å². The van der Waals surface area contributed by atoms with Gasteiger partial charge in [0.1, 0.15) is 0 Å². The molecule has 0 saturated carbocycles. The minimum Gasteiger partial charge on any atom is -0.398 e. The summed E-state index contributed by atoms with van der Waals surface area (Å²) in [4.78, 5) is 9.66. The van der Waals surface area contributed by atoms with E-state index in [4.69, 9.17) is 11.5 Å². The first-order valence-electron chi connectivity index (χ1n) is 2.90. The summed E-state index contributed by atoms with van der Waals surface area (Å²) in [6, 6.07) is 3.99. The van der Waals surface area contributed by atoms with Crippen molar-refractivity contribution in [3.8, 4) is 0 Å². The smallest absolute Gasteiger partial charge is 0.273 e. The lowest BCUT2D eigenvalue weighted by molar-refractivity contribution is -0.384. The number of nitro benzene ring substituents is 1. The summed E-state index contributed by atoms with van der Waals surface area (Å²) in [5.74, 6) is 0. The van der Waals surface area contributed by atoms with E-state index in [0.29, 0.717) is 11.4 Å². The third-order valence-corrected chi connectivity index (χ3v) is 1.17. The molecular weight excluding hydrogens is 146 g/mol. The fourth-order valence-corrected chi connectivity index (χ4v) is 0.764. The maximum Gasteiger partial charge on any atom is 0.273 e. The number of non-ortho nitro benzene ring substituents is 1. The molecule has 0 saturated heterocycles. The van der Waals surface area contributed by atoms with Crippen LogP contribution in [0.25, 0.3) is 0 Å². The molecule has 0 aromatic heterocycles. The van der Waals surface area contributed by atoms with Gasteiger partial charge in [0.15, 0.2) is 0 Å². The Morgan fingerprint density at radius 1 is 1.18 bits per heavy atom. The van der Waals surface area contributed by atoms with E-state index in [-0.39, 0.29) is 5.69 Å². The number of nitro groups is 1. The molecule has 0 aliphatic rings. The Morgan fingerprint density at radius 3 is 2.00 bits per heavy atom. The standard InChI is InChI=1S/C6H7N3O2/c7-4-1-5(8)3-6(2-4)9(10)11/h1-3H,7-8H2. The number of hydrogen-bond acceptors (Lipinski definition) is 4. The molecule has 0 bridgehead atoms. The van der Waals surface area contributed by atoms with Gasteiger partial charge in [-0.2, -0.15) is 0 Å². The molecule has 11 heavy (non-hydrogen) atoms. The van der Waals surface area contributed by atoms with E-state index >= 15 is 0 Å². The topological polar surface area (TPSA) is 95.2 Å². The van der Waals surface area contributed by atoms with Gasteiger partial charge in [0.25, 0.3) is 5.69 Å². The van der Waals surface area contributed by atoms with Gasteiger partial charge >= 0.3 is 0 Å². The number of hydrogen-bond donors (Lipinski definition) is 2. The maximum atomic E-state index is 10.2. The Hall–Kier alpha value is -1.78. The summed E-state index contributed by atoms with van der Waals surface area (Å²) < 4.78 is 0. The van der Waals surface area contributed by atoms with Crippen molar-refractivity contribution in [1.29, 1.82) is 0 Å². The van der Waals surface area contributed by atoms with Gasteiger partial charge in [-0.05, 0) is 6.07 Å². The van der Waals surface area contributed by atoms with Gasteiger partial charge in [0.05, 0.1) is 4.92 Å². The molecule has 1 aromatic carbocycles. The third-order valence-electron chi connectivity index (χ3n) is 1.17. The zero-order chi connectivity index (χ0) is 8.43. The van der Waals surface area contributed by atoms with Crippen molar-refractivity contribution in [1.82, 2.24) is 0 Å². The van der Waals surface area contributed by atoms with Gasteiger partial charge in [0, 0.05) is 23.5 Å². The molecule has 5 nitrogen and oxygen atoms in total. The van der Waals surface area contributed by atoms with Crippen LogP contribution in [-0.4, -0.2) is 4.92 Å². The van der Waals surface area contributed by atoms with E-state index in [1.807, 2.05) is 0 Å². The number of nitrogens with two attached hydrogens (primary N) is 2. The van der Waals surface area contributed by atoms with Gasteiger partial charge in [0.2, 0.25) is 0 Å². The van der Waals surface area contributed by atoms with Crippen LogP contribution in [0.5, 0.6) is 0 Å². The highest BCUT2D eigenvalue weighted by Gasteiger charge is 2.05. The quantitative estimate of drug-likeness (QED) is 0.353. The first-order valence-corrected chi connectivity index (χ1v) is 2.90. The third kappa shape index (κ3) is 1.57. The lowest BCUT2D eigenvalue weighted by atomic mass is 10.2. The molecule has 0 heterocycles. The van der Waals surface area contributed by atoms with Crippen LogP contribution >= 0.6 is 0 Å². The summed E-state index contributed by atoms with van der Waals surface area (Å²) in [7, 11) is 0. The van der Waals surface area contributed by atoms with Crippen LogP contribution in [-0.2, 0) is 0 Å². The van der Waals surface area contributed by atoms with E-state index in [1.165, 1.54) is 18.2 Å². The van der Waals surface area contributed by atoms with Crippen molar-refractivity contribution >= 4 is 17.1 Å². The molecule has 0 aliphatic heterocycles. The van der Waals surface area contributed by atoms with Gasteiger partial charge < -0.3 is 11.5 Å². The van der Waals surface area contributed by atoms with Gasteiger partial charge in [-0.25, -0.2) is 0 Å². The van der Waals surface area contributed by atoms with Crippen LogP contribution < -0.4 is 11.5 Å². The van der Waals surface area contributed by atoms with Crippen molar-refractivity contribution < 1.29 is 4.92 Å². The molecule has 0 atom stereocenters. The zero-order valence-electron chi connectivity index (χ0n) is 5.65. The maximum absolute atomic E-state index is 10.2. The largest absolute Gasteiger partial charge is 0.398 e. The molecule has 5 heteroatoms. The lowest BCUT2D eigenvalue weighted by Gasteiger charge is -1.95. The second kappa shape index (κ2) is 2.45. The van der Waals surface area contributed by atoms with Crippen LogP contribution in [0.3, 0.4) is 0 Å². The van der Waals surface area contributed by atoms with E-state index in [1.54, 1.807) is 0 Å². The minimum atomic E-state index is -0.535. The Morgan fingerprint density at radius 2 is 1.64 bits per heavy atom. The first kappa shape index (κ1) is 7.33. The predicted molar refractivity (Wildman–Crippen MR) is 41.9 cm³/mol. The van der Waals surface area contributed by atoms with Crippen molar-refractivity contribution in [2.24, 2.45) is 0 Å². The SMILES string of the molecule is Nc1cc(N)cc([N+](=O)[O-])c1. The molecule has 0 amide bonds. The molecule has 0 spiro atoms. The summed E-state index contributed by atoms with van der Waals surface area (Å²) in [5, 5.41) is 10.2. The molecule has 4 N–H and O–H groups in total. The van der Waals surface area contributed by atoms with Gasteiger partial charge in [-0.1, -0.05) is 0 Å². The summed E-state index contributed by atoms with van der Waals surface area (Å²) in [6.07, 6.45) is 0. The normalized spacial score (nSPS) is 9.45. The van der Waals surface area contributed by atoms with Crippen molar-refractivity contribution in [3.05, 3.63) is 28.3 Å².